The Kier molecular flexibility index (Phi) is 4.66. The number of nitrogens with one attached hydrogen (secondary N) is 2. The third-order valence-corrected chi connectivity index (χ3v) is 6.47. The molecule has 0 saturated carbocycles. The van der Waals surface area contributed by atoms with Crippen LogP contribution in [0.1, 0.15) is 34.7 Å². The number of aromatic amines is 1. The summed E-state index contributed by atoms with van der Waals surface area (Å²) in [6.07, 6.45) is 2.84. The lowest BCUT2D eigenvalue weighted by Crippen LogP contribution is -2.23. The number of hydrogen-bond acceptors (Lipinski definition) is 3. The van der Waals surface area contributed by atoms with E-state index in [9.17, 15) is 13.6 Å². The number of halogens is 2. The third-order valence-electron chi connectivity index (χ3n) is 6.47. The van der Waals surface area contributed by atoms with Crippen molar-refractivity contribution in [3.8, 4) is 5.75 Å². The number of H-pyrrole nitrogens is 1. The molecule has 0 aliphatic carbocycles. The molecule has 3 heterocycles. The van der Waals surface area contributed by atoms with Crippen molar-refractivity contribution in [2.45, 2.75) is 19.1 Å². The summed E-state index contributed by atoms with van der Waals surface area (Å²) in [5.41, 5.74) is 4.85. The fraction of sp³-hybridized carbons (Fsp3) is 0.192. The van der Waals surface area contributed by atoms with Crippen LogP contribution in [0.3, 0.4) is 0 Å². The predicted octanol–water partition coefficient (Wildman–Crippen LogP) is 4.62. The summed E-state index contributed by atoms with van der Waals surface area (Å²) in [5.74, 6) is -0.416. The van der Waals surface area contributed by atoms with Gasteiger partial charge in [-0.15, -0.1) is 0 Å². The zero-order valence-corrected chi connectivity index (χ0v) is 17.7. The standard InChI is InChI=1S/C26H21F2N3O2/c27-16-5-6-19-20(18-2-1-3-22(28)21(18)14-33-25(19)12-16)10-15-4-7-24-23(11-15)30-26(32)31(24)17-8-9-29-13-17/h1-7,10-12,17,29H,8-9,13-14H2,(H,30,32)/b20-10+/t17-/m0/s1. The predicted molar refractivity (Wildman–Crippen MR) is 123 cm³/mol. The summed E-state index contributed by atoms with van der Waals surface area (Å²) in [7, 11) is 0. The average Bonchev–Trinajstić information content (AvgIpc) is 3.40. The summed E-state index contributed by atoms with van der Waals surface area (Å²) in [6, 6.07) is 15.2. The van der Waals surface area contributed by atoms with E-state index in [2.05, 4.69) is 10.3 Å². The molecule has 166 valence electrons. The molecule has 2 N–H and O–H groups in total. The molecule has 0 bridgehead atoms. The minimum absolute atomic E-state index is 0.0143. The van der Waals surface area contributed by atoms with Crippen molar-refractivity contribution in [3.63, 3.8) is 0 Å². The Morgan fingerprint density at radius 1 is 1.06 bits per heavy atom. The van der Waals surface area contributed by atoms with Gasteiger partial charge in [-0.25, -0.2) is 13.6 Å². The first-order valence-electron chi connectivity index (χ1n) is 11.0. The number of ether oxygens (including phenoxy) is 1. The van der Waals surface area contributed by atoms with Gasteiger partial charge in [-0.3, -0.25) is 4.57 Å². The highest BCUT2D eigenvalue weighted by Crippen LogP contribution is 2.39. The van der Waals surface area contributed by atoms with E-state index >= 15 is 0 Å². The minimum Gasteiger partial charge on any atom is -0.488 e. The first-order chi connectivity index (χ1) is 16.1. The van der Waals surface area contributed by atoms with Gasteiger partial charge in [-0.1, -0.05) is 18.2 Å². The molecule has 0 radical (unpaired) electrons. The van der Waals surface area contributed by atoms with Crippen molar-refractivity contribution >= 4 is 22.7 Å². The molecule has 0 spiro atoms. The maximum atomic E-state index is 14.6. The fourth-order valence-corrected chi connectivity index (χ4v) is 4.87. The summed E-state index contributed by atoms with van der Waals surface area (Å²) < 4.78 is 36.1. The Morgan fingerprint density at radius 2 is 1.97 bits per heavy atom. The quantitative estimate of drug-likeness (QED) is 0.473. The lowest BCUT2D eigenvalue weighted by atomic mass is 9.92. The van der Waals surface area contributed by atoms with Crippen molar-refractivity contribution in [1.82, 2.24) is 14.9 Å². The summed E-state index contributed by atoms with van der Waals surface area (Å²) in [4.78, 5) is 15.6. The molecule has 4 aromatic rings. The van der Waals surface area contributed by atoms with E-state index in [1.54, 1.807) is 12.1 Å². The van der Waals surface area contributed by atoms with Crippen molar-refractivity contribution < 1.29 is 13.5 Å². The second kappa shape index (κ2) is 7.71. The number of imidazole rings is 1. The zero-order chi connectivity index (χ0) is 22.5. The van der Waals surface area contributed by atoms with E-state index in [1.165, 1.54) is 18.2 Å². The van der Waals surface area contributed by atoms with Crippen molar-refractivity contribution in [3.05, 3.63) is 99.0 Å². The highest BCUT2D eigenvalue weighted by atomic mass is 19.1. The highest BCUT2D eigenvalue weighted by molar-refractivity contribution is 5.95. The first-order valence-corrected chi connectivity index (χ1v) is 11.0. The van der Waals surface area contributed by atoms with E-state index in [4.69, 9.17) is 4.74 Å². The van der Waals surface area contributed by atoms with Crippen LogP contribution in [0.4, 0.5) is 8.78 Å². The van der Waals surface area contributed by atoms with Gasteiger partial charge in [0, 0.05) is 23.7 Å². The minimum atomic E-state index is -0.415. The number of benzene rings is 3. The molecule has 7 heteroatoms. The second-order valence-electron chi connectivity index (χ2n) is 8.48. The average molecular weight is 445 g/mol. The van der Waals surface area contributed by atoms with Gasteiger partial charge in [0.25, 0.3) is 0 Å². The summed E-state index contributed by atoms with van der Waals surface area (Å²) >= 11 is 0. The van der Waals surface area contributed by atoms with E-state index in [1.807, 2.05) is 34.9 Å². The summed E-state index contributed by atoms with van der Waals surface area (Å²) in [5, 5.41) is 3.30. The first kappa shape index (κ1) is 19.9. The molecule has 1 saturated heterocycles. The Morgan fingerprint density at radius 3 is 2.82 bits per heavy atom. The van der Waals surface area contributed by atoms with E-state index in [-0.39, 0.29) is 24.2 Å². The van der Waals surface area contributed by atoms with E-state index in [0.717, 1.165) is 41.7 Å². The Hall–Kier alpha value is -3.71. The van der Waals surface area contributed by atoms with Gasteiger partial charge >= 0.3 is 5.69 Å². The lowest BCUT2D eigenvalue weighted by molar-refractivity contribution is 0.299. The van der Waals surface area contributed by atoms with Crippen LogP contribution in [0.2, 0.25) is 0 Å². The number of aromatic nitrogens is 2. The third kappa shape index (κ3) is 3.36. The smallest absolute Gasteiger partial charge is 0.326 e. The van der Waals surface area contributed by atoms with Gasteiger partial charge in [0.2, 0.25) is 0 Å². The molecule has 0 amide bonds. The normalized spacial score (nSPS) is 18.7. The Bertz CT molecular complexity index is 1480. The van der Waals surface area contributed by atoms with Crippen molar-refractivity contribution in [1.29, 1.82) is 0 Å². The highest BCUT2D eigenvalue weighted by Gasteiger charge is 2.23. The molecule has 1 fully saturated rings. The number of nitrogens with zero attached hydrogens (tertiary/aromatic N) is 1. The second-order valence-corrected chi connectivity index (χ2v) is 8.48. The molecule has 0 unspecified atom stereocenters. The molecule has 1 aromatic heterocycles. The Labute approximate surface area is 188 Å². The largest absolute Gasteiger partial charge is 0.488 e. The van der Waals surface area contributed by atoms with Gasteiger partial charge in [0.15, 0.2) is 0 Å². The molecule has 2 aliphatic heterocycles. The Balaban J connectivity index is 1.53. The van der Waals surface area contributed by atoms with Crippen LogP contribution < -0.4 is 15.7 Å². The van der Waals surface area contributed by atoms with Crippen LogP contribution in [-0.4, -0.2) is 22.6 Å². The van der Waals surface area contributed by atoms with Gasteiger partial charge < -0.3 is 15.0 Å². The van der Waals surface area contributed by atoms with E-state index in [0.29, 0.717) is 22.4 Å². The van der Waals surface area contributed by atoms with Crippen LogP contribution in [-0.2, 0) is 6.61 Å². The van der Waals surface area contributed by atoms with Gasteiger partial charge in [-0.2, -0.15) is 0 Å². The monoisotopic (exact) mass is 445 g/mol. The summed E-state index contributed by atoms with van der Waals surface area (Å²) in [6.45, 7) is 1.68. The maximum Gasteiger partial charge on any atom is 0.326 e. The molecular weight excluding hydrogens is 424 g/mol. The van der Waals surface area contributed by atoms with E-state index < -0.39 is 5.82 Å². The van der Waals surface area contributed by atoms with Crippen LogP contribution in [0.15, 0.2) is 59.4 Å². The maximum absolute atomic E-state index is 14.6. The number of rotatable bonds is 2. The molecule has 33 heavy (non-hydrogen) atoms. The number of fused-ring (bicyclic) bond motifs is 3. The topological polar surface area (TPSA) is 59.1 Å². The molecule has 5 nitrogen and oxygen atoms in total. The zero-order valence-electron chi connectivity index (χ0n) is 17.7. The van der Waals surface area contributed by atoms with Gasteiger partial charge in [0.1, 0.15) is 24.0 Å². The molecule has 6 rings (SSSR count). The van der Waals surface area contributed by atoms with Crippen molar-refractivity contribution in [2.24, 2.45) is 0 Å². The van der Waals surface area contributed by atoms with Gasteiger partial charge in [0.05, 0.1) is 17.1 Å². The van der Waals surface area contributed by atoms with Crippen LogP contribution in [0.5, 0.6) is 5.75 Å². The van der Waals surface area contributed by atoms with Crippen LogP contribution >= 0.6 is 0 Å². The molecular formula is C26H21F2N3O2. The fourth-order valence-electron chi connectivity index (χ4n) is 4.87. The molecule has 3 aromatic carbocycles. The lowest BCUT2D eigenvalue weighted by Gasteiger charge is -2.12. The molecule has 1 atom stereocenters. The van der Waals surface area contributed by atoms with Crippen molar-refractivity contribution in [2.75, 3.05) is 13.1 Å². The number of hydrogen-bond donors (Lipinski definition) is 2. The molecule has 2 aliphatic rings. The SMILES string of the molecule is O=c1[nH]c2cc(/C=C3/c4ccc(F)cc4OCc4c(F)cccc43)ccc2n1[C@H]1CCNC1. The van der Waals surface area contributed by atoms with Crippen LogP contribution in [0.25, 0.3) is 22.7 Å². The van der Waals surface area contributed by atoms with Gasteiger partial charge in [-0.05, 0) is 66.1 Å². The van der Waals surface area contributed by atoms with Crippen LogP contribution in [0, 0.1) is 11.6 Å².